The molecule has 26 heteroatoms. The molecule has 0 radical (unpaired) electrons. The second-order valence-corrected chi connectivity index (χ2v) is 26.2. The van der Waals surface area contributed by atoms with Gasteiger partial charge in [0.25, 0.3) is 0 Å². The van der Waals surface area contributed by atoms with Crippen LogP contribution >= 0.6 is 0 Å². The van der Waals surface area contributed by atoms with Crippen LogP contribution in [-0.4, -0.2) is 152 Å². The van der Waals surface area contributed by atoms with E-state index in [2.05, 4.69) is 60.1 Å². The topological polar surface area (TPSA) is 438 Å². The number of amides is 11. The molecule has 0 aromatic heterocycles. The molecule has 0 saturated carbocycles. The maximum atomic E-state index is 14.3. The minimum atomic E-state index is -1.37. The molecule has 0 unspecified atom stereocenters. The van der Waals surface area contributed by atoms with Gasteiger partial charge in [-0.05, 0) is 113 Å². The van der Waals surface area contributed by atoms with Crippen LogP contribution in [0.25, 0.3) is 0 Å². The highest BCUT2D eigenvalue weighted by atomic mass is 16.2. The summed E-state index contributed by atoms with van der Waals surface area (Å²) in [6.45, 7) is 23.9. The summed E-state index contributed by atoms with van der Waals surface area (Å²) in [6.07, 6.45) is 15.0. The van der Waals surface area contributed by atoms with Gasteiger partial charge in [-0.25, -0.2) is 0 Å². The molecule has 0 rings (SSSR count). The van der Waals surface area contributed by atoms with Gasteiger partial charge in [-0.15, -0.1) is 0 Å². The fourth-order valence-electron chi connectivity index (χ4n) is 9.97. The van der Waals surface area contributed by atoms with E-state index in [-0.39, 0.29) is 12.8 Å². The van der Waals surface area contributed by atoms with Crippen molar-refractivity contribution < 1.29 is 52.7 Å². The van der Waals surface area contributed by atoms with Gasteiger partial charge in [-0.1, -0.05) is 154 Å². The fourth-order valence-corrected chi connectivity index (χ4v) is 9.97. The van der Waals surface area contributed by atoms with Crippen LogP contribution in [0.5, 0.6) is 0 Å². The second-order valence-electron chi connectivity index (χ2n) is 26.2. The number of hydrogen-bond donors (Lipinski definition) is 15. The summed E-state index contributed by atoms with van der Waals surface area (Å²) < 4.78 is 0. The van der Waals surface area contributed by atoms with E-state index < -0.39 is 167 Å². The van der Waals surface area contributed by atoms with Crippen LogP contribution in [-0.2, 0) is 52.7 Å². The fraction of sp³-hybridized carbons (Fsp3) is 0.828. The lowest BCUT2D eigenvalue weighted by molar-refractivity contribution is -0.138. The Morgan fingerprint density at radius 2 is 0.578 bits per heavy atom. The lowest BCUT2D eigenvalue weighted by atomic mass is 9.96. The van der Waals surface area contributed by atoms with E-state index in [4.69, 9.17) is 28.7 Å². The Kier molecular flexibility index (Phi) is 43.9. The first-order chi connectivity index (χ1) is 42.4. The average molecular weight is 1280 g/mol. The highest BCUT2D eigenvalue weighted by molar-refractivity contribution is 5.99. The second kappa shape index (κ2) is 47.0. The number of rotatable bonds is 50. The van der Waals surface area contributed by atoms with Crippen molar-refractivity contribution in [2.24, 2.45) is 64.2 Å². The lowest BCUT2D eigenvalue weighted by Gasteiger charge is -2.32. The van der Waals surface area contributed by atoms with Crippen molar-refractivity contribution in [1.82, 2.24) is 53.2 Å². The normalized spacial score (nSPS) is 14.9. The van der Waals surface area contributed by atoms with Crippen molar-refractivity contribution in [3.8, 4) is 0 Å². The predicted octanol–water partition coefficient (Wildman–Crippen LogP) is 1.91. The molecular formula is C64H123N15O11. The Morgan fingerprint density at radius 3 is 0.889 bits per heavy atom. The van der Waals surface area contributed by atoms with Crippen LogP contribution < -0.4 is 81.8 Å². The molecule has 0 spiro atoms. The molecule has 26 nitrogen and oxygen atoms in total. The number of primary amides is 1. The van der Waals surface area contributed by atoms with Crippen LogP contribution in [0.3, 0.4) is 0 Å². The molecule has 0 aromatic carbocycles. The summed E-state index contributed by atoms with van der Waals surface area (Å²) in [5, 5.41) is 27.3. The van der Waals surface area contributed by atoms with E-state index in [0.29, 0.717) is 71.1 Å². The van der Waals surface area contributed by atoms with Crippen LogP contribution in [0.2, 0.25) is 0 Å². The van der Waals surface area contributed by atoms with Crippen molar-refractivity contribution in [3.05, 3.63) is 0 Å². The number of hydrogen-bond acceptors (Lipinski definition) is 15. The summed E-state index contributed by atoms with van der Waals surface area (Å²) in [5.41, 5.74) is 28.9. The summed E-state index contributed by atoms with van der Waals surface area (Å²) in [4.78, 5) is 151. The van der Waals surface area contributed by atoms with Gasteiger partial charge in [-0.3, -0.25) is 52.7 Å². The van der Waals surface area contributed by atoms with Crippen molar-refractivity contribution in [3.63, 3.8) is 0 Å². The minimum Gasteiger partial charge on any atom is -0.368 e. The van der Waals surface area contributed by atoms with E-state index in [1.54, 1.807) is 83.1 Å². The Labute approximate surface area is 538 Å². The SMILES string of the molecule is CCCCCCCCCCCCNC(=O)C[C@H](NC(=O)[C@@H](NC(=O)[C@@H](NC(=O)[C@@H](NC(=O)[C@@H](NC(=O)[C@@H](NC(=O)[C@@H](NC(=O)[C@H](CCCCN)NC(=O)[C@H](CCCCN)NC(=O)[C@@H](N)CCCCN)C(C)C)C(C)C)C(C)C)C(C)C)C(C)C)C(C)C)C(N)=O. The van der Waals surface area contributed by atoms with Crippen molar-refractivity contribution in [2.75, 3.05) is 26.2 Å². The summed E-state index contributed by atoms with van der Waals surface area (Å²) in [5.74, 6) is -10.9. The van der Waals surface area contributed by atoms with Crippen molar-refractivity contribution in [1.29, 1.82) is 0 Å². The number of carbonyl (C=O) groups excluding carboxylic acids is 11. The van der Waals surface area contributed by atoms with Gasteiger partial charge in [-0.2, -0.15) is 0 Å². The third kappa shape index (κ3) is 33.9. The van der Waals surface area contributed by atoms with E-state index in [1.165, 1.54) is 38.5 Å². The van der Waals surface area contributed by atoms with E-state index in [1.807, 2.05) is 0 Å². The predicted molar refractivity (Wildman–Crippen MR) is 352 cm³/mol. The molecule has 520 valence electrons. The monoisotopic (exact) mass is 1280 g/mol. The number of nitrogens with two attached hydrogens (primary N) is 5. The van der Waals surface area contributed by atoms with E-state index in [9.17, 15) is 52.7 Å². The van der Waals surface area contributed by atoms with E-state index >= 15 is 0 Å². The molecule has 0 aliphatic heterocycles. The molecule has 20 N–H and O–H groups in total. The van der Waals surface area contributed by atoms with Gasteiger partial charge >= 0.3 is 0 Å². The summed E-state index contributed by atoms with van der Waals surface area (Å²) in [7, 11) is 0. The summed E-state index contributed by atoms with van der Waals surface area (Å²) in [6, 6.07) is -11.8. The Bertz CT molecular complexity index is 2180. The zero-order chi connectivity index (χ0) is 68.6. The van der Waals surface area contributed by atoms with Gasteiger partial charge in [0.05, 0.1) is 12.5 Å². The van der Waals surface area contributed by atoms with Gasteiger partial charge in [0.15, 0.2) is 0 Å². The van der Waals surface area contributed by atoms with Crippen LogP contribution in [0.15, 0.2) is 0 Å². The number of carbonyl (C=O) groups is 11. The number of unbranched alkanes of at least 4 members (excludes halogenated alkanes) is 12. The van der Waals surface area contributed by atoms with Crippen LogP contribution in [0.1, 0.15) is 218 Å². The quantitative estimate of drug-likeness (QED) is 0.0387. The average Bonchev–Trinajstić information content (AvgIpc) is 2.20. The zero-order valence-electron chi connectivity index (χ0n) is 57.1. The smallest absolute Gasteiger partial charge is 0.243 e. The van der Waals surface area contributed by atoms with Crippen molar-refractivity contribution in [2.45, 2.75) is 279 Å². The molecule has 0 aliphatic rings. The van der Waals surface area contributed by atoms with Gasteiger partial charge in [0.2, 0.25) is 65.0 Å². The first kappa shape index (κ1) is 84.0. The highest BCUT2D eigenvalue weighted by Gasteiger charge is 2.39. The molecule has 0 bridgehead atoms. The van der Waals surface area contributed by atoms with Gasteiger partial charge < -0.3 is 81.8 Å². The van der Waals surface area contributed by atoms with Crippen LogP contribution in [0.4, 0.5) is 0 Å². The Balaban J connectivity index is 6.24. The third-order valence-electron chi connectivity index (χ3n) is 15.8. The first-order valence-corrected chi connectivity index (χ1v) is 33.6. The molecule has 0 fully saturated rings. The largest absolute Gasteiger partial charge is 0.368 e. The third-order valence-corrected chi connectivity index (χ3v) is 15.8. The van der Waals surface area contributed by atoms with Gasteiger partial charge in [0, 0.05) is 6.54 Å². The zero-order valence-corrected chi connectivity index (χ0v) is 57.1. The number of nitrogens with one attached hydrogen (secondary N) is 10. The van der Waals surface area contributed by atoms with Crippen molar-refractivity contribution >= 4 is 65.0 Å². The maximum Gasteiger partial charge on any atom is 0.243 e. The molecule has 0 saturated heterocycles. The maximum absolute atomic E-state index is 14.3. The minimum absolute atomic E-state index is 0.148. The highest BCUT2D eigenvalue weighted by Crippen LogP contribution is 2.16. The molecular weight excluding hydrogens is 1150 g/mol. The first-order valence-electron chi connectivity index (χ1n) is 33.6. The van der Waals surface area contributed by atoms with Crippen LogP contribution in [0, 0.1) is 35.5 Å². The molecule has 11 amide bonds. The summed E-state index contributed by atoms with van der Waals surface area (Å²) >= 11 is 0. The Morgan fingerprint density at radius 1 is 0.311 bits per heavy atom. The molecule has 90 heavy (non-hydrogen) atoms. The molecule has 10 atom stereocenters. The standard InChI is InChI=1S/C64H123N15O11/c1-14-15-16-17-18-19-20-21-22-29-36-70-48(80)37-47(55(69)81)73-59(85)49(38(2)3)75-61(87)51(40(6)7)77-63(89)53(42(10)11)79-64(90)54(43(12)13)78-62(88)52(41(8)9)76-60(86)50(39(4)5)74-58(84)46(32-25-28-35-67)72-57(83)45(31-24-27-34-66)71-56(82)44(68)30-23-26-33-65/h38-47,49-54H,14-37,65-68H2,1-13H3,(H2,69,81)(H,70,80)(H,71,82)(H,72,83)(H,73,85)(H,74,84)(H,75,87)(H,76,86)(H,77,89)(H,78,88)(H,79,90)/t44-,45-,46-,47-,49-,50-,51-,52-,53-,54-/m0/s1. The lowest BCUT2D eigenvalue weighted by Crippen LogP contribution is -2.63. The molecule has 0 heterocycles. The Hall–Kier alpha value is -5.99. The molecule has 0 aliphatic carbocycles. The van der Waals surface area contributed by atoms with E-state index in [0.717, 1.165) is 25.7 Å². The van der Waals surface area contributed by atoms with Gasteiger partial charge in [0.1, 0.15) is 54.4 Å². The molecule has 0 aromatic rings.